The van der Waals surface area contributed by atoms with Crippen LogP contribution in [0, 0.1) is 6.92 Å². The van der Waals surface area contributed by atoms with Gasteiger partial charge in [0, 0.05) is 43.4 Å². The lowest BCUT2D eigenvalue weighted by molar-refractivity contribution is 0.0663. The van der Waals surface area contributed by atoms with Crippen LogP contribution >= 0.6 is 11.6 Å². The lowest BCUT2D eigenvalue weighted by atomic mass is 10.2. The van der Waals surface area contributed by atoms with E-state index in [4.69, 9.17) is 16.3 Å². The first-order valence-electron chi connectivity index (χ1n) is 8.70. The molecule has 25 heavy (non-hydrogen) atoms. The topological polar surface area (TPSA) is 35.9 Å². The van der Waals surface area contributed by atoms with Crippen LogP contribution < -0.4 is 9.64 Å². The first-order chi connectivity index (χ1) is 12.1. The Kier molecular flexibility index (Phi) is 6.19. The minimum atomic E-state index is -0.499. The van der Waals surface area contributed by atoms with Gasteiger partial charge in [-0.2, -0.15) is 0 Å². The van der Waals surface area contributed by atoms with Crippen LogP contribution in [0.4, 0.5) is 5.69 Å². The predicted octanol–water partition coefficient (Wildman–Crippen LogP) is 3.21. The average Bonchev–Trinajstić information content (AvgIpc) is 2.62. The number of nitrogens with zero attached hydrogens (tertiary/aromatic N) is 2. The molecule has 0 radical (unpaired) electrons. The minimum absolute atomic E-state index is 0.291. The average molecular weight is 361 g/mol. The van der Waals surface area contributed by atoms with Crippen LogP contribution in [0.3, 0.4) is 0 Å². The molecular formula is C20H25ClN2O2. The fraction of sp³-hybridized carbons (Fsp3) is 0.400. The zero-order valence-corrected chi connectivity index (χ0v) is 15.3. The molecule has 0 unspecified atom stereocenters. The third-order valence-electron chi connectivity index (χ3n) is 4.46. The molecule has 0 aromatic heterocycles. The van der Waals surface area contributed by atoms with Crippen molar-refractivity contribution in [3.8, 4) is 5.75 Å². The summed E-state index contributed by atoms with van der Waals surface area (Å²) in [6.07, 6.45) is -0.499. The Morgan fingerprint density at radius 3 is 2.48 bits per heavy atom. The molecule has 0 aliphatic carbocycles. The number of aliphatic hydroxyl groups is 1. The molecule has 0 saturated carbocycles. The van der Waals surface area contributed by atoms with Gasteiger partial charge >= 0.3 is 0 Å². The molecule has 1 saturated heterocycles. The molecule has 0 amide bonds. The van der Waals surface area contributed by atoms with Gasteiger partial charge in [-0.1, -0.05) is 23.7 Å². The number of rotatable bonds is 6. The van der Waals surface area contributed by atoms with E-state index in [0.29, 0.717) is 18.2 Å². The highest BCUT2D eigenvalue weighted by Gasteiger charge is 2.19. The Hall–Kier alpha value is -1.75. The molecule has 3 rings (SSSR count). The molecule has 134 valence electrons. The zero-order chi connectivity index (χ0) is 17.6. The summed E-state index contributed by atoms with van der Waals surface area (Å²) in [6.45, 7) is 6.91. The second kappa shape index (κ2) is 8.56. The smallest absolute Gasteiger partial charge is 0.119 e. The summed E-state index contributed by atoms with van der Waals surface area (Å²) in [7, 11) is 0. The molecule has 5 heteroatoms. The Morgan fingerprint density at radius 1 is 1.08 bits per heavy atom. The molecule has 1 atom stereocenters. The lowest BCUT2D eigenvalue weighted by Crippen LogP contribution is -2.49. The number of anilines is 1. The summed E-state index contributed by atoms with van der Waals surface area (Å²) in [6, 6.07) is 15.8. The summed E-state index contributed by atoms with van der Waals surface area (Å²) in [5.74, 6) is 0.729. The summed E-state index contributed by atoms with van der Waals surface area (Å²) >= 11 is 5.85. The zero-order valence-electron chi connectivity index (χ0n) is 14.6. The molecular weight excluding hydrogens is 336 g/mol. The summed E-state index contributed by atoms with van der Waals surface area (Å²) in [5.41, 5.74) is 2.57. The van der Waals surface area contributed by atoms with Crippen LogP contribution in [0.1, 0.15) is 5.56 Å². The van der Waals surface area contributed by atoms with Gasteiger partial charge in [0.2, 0.25) is 0 Å². The van der Waals surface area contributed by atoms with Crippen LogP contribution in [-0.4, -0.2) is 55.4 Å². The van der Waals surface area contributed by atoms with Crippen LogP contribution in [0.2, 0.25) is 5.02 Å². The van der Waals surface area contributed by atoms with Gasteiger partial charge in [-0.3, -0.25) is 4.90 Å². The van der Waals surface area contributed by atoms with Crippen molar-refractivity contribution in [2.45, 2.75) is 13.0 Å². The van der Waals surface area contributed by atoms with Crippen LogP contribution in [0.15, 0.2) is 48.5 Å². The standard InChI is InChI=1S/C20H25ClN2O2/c1-16-3-2-4-18(13-16)23-11-9-22(10-12-23)14-19(24)15-25-20-7-5-17(21)6-8-20/h2-8,13,19,24H,9-12,14-15H2,1H3/t19-/m0/s1. The number of benzene rings is 2. The lowest BCUT2D eigenvalue weighted by Gasteiger charge is -2.37. The highest BCUT2D eigenvalue weighted by atomic mass is 35.5. The fourth-order valence-corrected chi connectivity index (χ4v) is 3.21. The van der Waals surface area contributed by atoms with E-state index in [9.17, 15) is 5.11 Å². The molecule has 1 fully saturated rings. The van der Waals surface area contributed by atoms with Gasteiger partial charge < -0.3 is 14.7 Å². The van der Waals surface area contributed by atoms with Crippen LogP contribution in [0.25, 0.3) is 0 Å². The van der Waals surface area contributed by atoms with Crippen molar-refractivity contribution in [2.75, 3.05) is 44.2 Å². The van der Waals surface area contributed by atoms with Crippen molar-refractivity contribution >= 4 is 17.3 Å². The first kappa shape index (κ1) is 18.1. The molecule has 1 aliphatic rings. The van der Waals surface area contributed by atoms with E-state index < -0.39 is 6.10 Å². The van der Waals surface area contributed by atoms with E-state index in [1.54, 1.807) is 12.1 Å². The normalized spacial score (nSPS) is 16.7. The number of aryl methyl sites for hydroxylation is 1. The third kappa shape index (κ3) is 5.36. The second-order valence-corrected chi connectivity index (χ2v) is 6.98. The molecule has 1 aliphatic heterocycles. The van der Waals surface area contributed by atoms with Gasteiger partial charge in [0.25, 0.3) is 0 Å². The Bertz CT molecular complexity index is 670. The molecule has 1 heterocycles. The highest BCUT2D eigenvalue weighted by Crippen LogP contribution is 2.18. The van der Waals surface area contributed by atoms with Gasteiger partial charge in [0.15, 0.2) is 0 Å². The van der Waals surface area contributed by atoms with E-state index in [1.807, 2.05) is 12.1 Å². The maximum Gasteiger partial charge on any atom is 0.119 e. The molecule has 0 spiro atoms. The molecule has 1 N–H and O–H groups in total. The van der Waals surface area contributed by atoms with Crippen molar-refractivity contribution in [1.82, 2.24) is 4.90 Å². The molecule has 4 nitrogen and oxygen atoms in total. The number of hydrogen-bond acceptors (Lipinski definition) is 4. The Morgan fingerprint density at radius 2 is 1.80 bits per heavy atom. The summed E-state index contributed by atoms with van der Waals surface area (Å²) < 4.78 is 5.62. The van der Waals surface area contributed by atoms with Crippen molar-refractivity contribution < 1.29 is 9.84 Å². The van der Waals surface area contributed by atoms with Crippen LogP contribution in [-0.2, 0) is 0 Å². The number of aliphatic hydroxyl groups excluding tert-OH is 1. The highest BCUT2D eigenvalue weighted by molar-refractivity contribution is 6.30. The number of ether oxygens (including phenoxy) is 1. The van der Waals surface area contributed by atoms with E-state index in [1.165, 1.54) is 11.3 Å². The number of hydrogen-bond donors (Lipinski definition) is 1. The Labute approximate surface area is 154 Å². The van der Waals surface area contributed by atoms with E-state index in [-0.39, 0.29) is 0 Å². The maximum absolute atomic E-state index is 10.2. The molecule has 2 aromatic rings. The van der Waals surface area contributed by atoms with Crippen LogP contribution in [0.5, 0.6) is 5.75 Å². The quantitative estimate of drug-likeness (QED) is 0.858. The van der Waals surface area contributed by atoms with Gasteiger partial charge in [-0.15, -0.1) is 0 Å². The fourth-order valence-electron chi connectivity index (χ4n) is 3.09. The maximum atomic E-state index is 10.2. The third-order valence-corrected chi connectivity index (χ3v) is 4.72. The second-order valence-electron chi connectivity index (χ2n) is 6.55. The predicted molar refractivity (Wildman–Crippen MR) is 103 cm³/mol. The number of piperazine rings is 1. The SMILES string of the molecule is Cc1cccc(N2CCN(C[C@H](O)COc3ccc(Cl)cc3)CC2)c1. The van der Waals surface area contributed by atoms with Gasteiger partial charge in [-0.25, -0.2) is 0 Å². The van der Waals surface area contributed by atoms with Crippen molar-refractivity contribution in [2.24, 2.45) is 0 Å². The first-order valence-corrected chi connectivity index (χ1v) is 9.08. The van der Waals surface area contributed by atoms with Crippen molar-refractivity contribution in [1.29, 1.82) is 0 Å². The van der Waals surface area contributed by atoms with E-state index in [0.717, 1.165) is 31.9 Å². The van der Waals surface area contributed by atoms with Crippen molar-refractivity contribution in [3.63, 3.8) is 0 Å². The summed E-state index contributed by atoms with van der Waals surface area (Å²) in [5, 5.41) is 10.9. The minimum Gasteiger partial charge on any atom is -0.491 e. The van der Waals surface area contributed by atoms with Gasteiger partial charge in [0.05, 0.1) is 0 Å². The van der Waals surface area contributed by atoms with Gasteiger partial charge in [-0.05, 0) is 48.9 Å². The summed E-state index contributed by atoms with van der Waals surface area (Å²) in [4.78, 5) is 4.70. The largest absolute Gasteiger partial charge is 0.491 e. The Balaban J connectivity index is 1.41. The number of β-amino-alcohol motifs (C(OH)–C–C–N with tert-alkyl or cyclic N) is 1. The molecule has 2 aromatic carbocycles. The van der Waals surface area contributed by atoms with E-state index >= 15 is 0 Å². The molecule has 0 bridgehead atoms. The van der Waals surface area contributed by atoms with Crippen molar-refractivity contribution in [3.05, 3.63) is 59.1 Å². The van der Waals surface area contributed by atoms with E-state index in [2.05, 4.69) is 41.0 Å². The van der Waals surface area contributed by atoms with Gasteiger partial charge in [0.1, 0.15) is 18.5 Å². The monoisotopic (exact) mass is 360 g/mol. The number of halogens is 1.